The standard InChI is InChI=1S/C73H50N2Si/c1-6-23-53(24-7-1)73(54-25-8-2-9-26-54)67-38-19-16-35-61(67)65-47-51(42-45-68(65)73)52-41-44-64-62-36-17-20-39-69(62)75(72(64)48-52)56-43-46-71-66(50-56)63-37-18-21-40-70(63)74(71)55-27-22-34-60(49-55)76(57-28-10-3-11-29-57,58-30-12-4-13-31-58)59-32-14-5-15-33-59/h1-50H. The molecule has 76 heavy (non-hydrogen) atoms. The van der Waals surface area contributed by atoms with Gasteiger partial charge < -0.3 is 9.13 Å². The van der Waals surface area contributed by atoms with E-state index in [1.807, 2.05) is 0 Å². The topological polar surface area (TPSA) is 9.86 Å². The molecule has 0 atom stereocenters. The molecule has 0 unspecified atom stereocenters. The van der Waals surface area contributed by atoms with Gasteiger partial charge in [-0.05, 0) is 120 Å². The first-order chi connectivity index (χ1) is 37.7. The lowest BCUT2D eigenvalue weighted by atomic mass is 9.67. The summed E-state index contributed by atoms with van der Waals surface area (Å²) in [5, 5.41) is 10.3. The average Bonchev–Trinajstić information content (AvgIpc) is 4.21. The number of rotatable bonds is 9. The molecule has 2 nitrogen and oxygen atoms in total. The molecular weight excluding hydrogens is 933 g/mol. The summed E-state index contributed by atoms with van der Waals surface area (Å²) >= 11 is 0. The van der Waals surface area contributed by atoms with Crippen LogP contribution < -0.4 is 20.7 Å². The van der Waals surface area contributed by atoms with Gasteiger partial charge in [0, 0.05) is 32.9 Å². The lowest BCUT2D eigenvalue weighted by Crippen LogP contribution is -2.74. The Morgan fingerprint density at radius 1 is 0.250 bits per heavy atom. The van der Waals surface area contributed by atoms with Crippen molar-refractivity contribution in [2.45, 2.75) is 5.41 Å². The van der Waals surface area contributed by atoms with Crippen molar-refractivity contribution < 1.29 is 0 Å². The van der Waals surface area contributed by atoms with Gasteiger partial charge in [0.05, 0.1) is 27.5 Å². The Kier molecular flexibility index (Phi) is 10.2. The molecule has 3 heteroatoms. The van der Waals surface area contributed by atoms with Crippen molar-refractivity contribution in [2.75, 3.05) is 0 Å². The van der Waals surface area contributed by atoms with Gasteiger partial charge in [-0.2, -0.15) is 0 Å². The van der Waals surface area contributed by atoms with E-state index < -0.39 is 13.5 Å². The predicted molar refractivity (Wildman–Crippen MR) is 321 cm³/mol. The molecule has 0 radical (unpaired) electrons. The molecule has 2 aromatic heterocycles. The van der Waals surface area contributed by atoms with Gasteiger partial charge in [-0.3, -0.25) is 0 Å². The zero-order valence-electron chi connectivity index (χ0n) is 41.8. The van der Waals surface area contributed by atoms with Gasteiger partial charge in [0.25, 0.3) is 0 Å². The lowest BCUT2D eigenvalue weighted by Gasteiger charge is -2.34. The molecule has 12 aromatic carbocycles. The van der Waals surface area contributed by atoms with Crippen molar-refractivity contribution in [1.82, 2.24) is 9.13 Å². The molecule has 0 fully saturated rings. The number of hydrogen-bond donors (Lipinski definition) is 0. The molecule has 356 valence electrons. The van der Waals surface area contributed by atoms with E-state index in [-0.39, 0.29) is 0 Å². The summed E-state index contributed by atoms with van der Waals surface area (Å²) in [4.78, 5) is 0. The number of aromatic nitrogens is 2. The van der Waals surface area contributed by atoms with Gasteiger partial charge in [0.15, 0.2) is 8.07 Å². The maximum atomic E-state index is 2.48. The van der Waals surface area contributed by atoms with Crippen LogP contribution in [0.5, 0.6) is 0 Å². The first-order valence-electron chi connectivity index (χ1n) is 26.4. The van der Waals surface area contributed by atoms with Crippen molar-refractivity contribution >= 4 is 72.4 Å². The summed E-state index contributed by atoms with van der Waals surface area (Å²) < 4.78 is 4.97. The van der Waals surface area contributed by atoms with E-state index in [0.717, 1.165) is 11.4 Å². The zero-order valence-corrected chi connectivity index (χ0v) is 42.8. The Morgan fingerprint density at radius 2 is 0.697 bits per heavy atom. The van der Waals surface area contributed by atoms with Crippen LogP contribution in [0, 0.1) is 0 Å². The smallest absolute Gasteiger partial charge is 0.179 e. The van der Waals surface area contributed by atoms with Crippen LogP contribution in [0.25, 0.3) is 77.2 Å². The van der Waals surface area contributed by atoms with Gasteiger partial charge in [-0.25, -0.2) is 0 Å². The van der Waals surface area contributed by atoms with E-state index in [0.29, 0.717) is 0 Å². The molecule has 0 saturated carbocycles. The third-order valence-corrected chi connectivity index (χ3v) is 21.3. The van der Waals surface area contributed by atoms with Crippen LogP contribution in [0.15, 0.2) is 303 Å². The molecule has 1 aliphatic carbocycles. The van der Waals surface area contributed by atoms with E-state index in [1.165, 1.54) is 109 Å². The van der Waals surface area contributed by atoms with Crippen LogP contribution in [-0.4, -0.2) is 17.2 Å². The predicted octanol–water partition coefficient (Wildman–Crippen LogP) is 15.3. The first kappa shape index (κ1) is 44.0. The molecule has 15 rings (SSSR count). The van der Waals surface area contributed by atoms with Gasteiger partial charge in [0.1, 0.15) is 0 Å². The summed E-state index contributed by atoms with van der Waals surface area (Å²) in [6.07, 6.45) is 0. The normalized spacial score (nSPS) is 12.8. The highest BCUT2D eigenvalue weighted by atomic mass is 28.3. The van der Waals surface area contributed by atoms with Crippen LogP contribution in [0.4, 0.5) is 0 Å². The highest BCUT2D eigenvalue weighted by Gasteiger charge is 2.46. The van der Waals surface area contributed by atoms with Crippen LogP contribution in [0.2, 0.25) is 0 Å². The van der Waals surface area contributed by atoms with Crippen LogP contribution in [-0.2, 0) is 5.41 Å². The van der Waals surface area contributed by atoms with Crippen molar-refractivity contribution in [2.24, 2.45) is 0 Å². The highest BCUT2D eigenvalue weighted by molar-refractivity contribution is 7.19. The molecular formula is C73H50N2Si. The van der Waals surface area contributed by atoms with E-state index in [2.05, 4.69) is 312 Å². The fraction of sp³-hybridized carbons (Fsp3) is 0.0137. The summed E-state index contributed by atoms with van der Waals surface area (Å²) in [7, 11) is -2.78. The van der Waals surface area contributed by atoms with Crippen molar-refractivity contribution in [3.8, 4) is 33.6 Å². The average molecular weight is 983 g/mol. The molecule has 0 bridgehead atoms. The number of para-hydroxylation sites is 2. The maximum absolute atomic E-state index is 2.78. The summed E-state index contributed by atoms with van der Waals surface area (Å²) in [5.74, 6) is 0. The Morgan fingerprint density at radius 3 is 1.33 bits per heavy atom. The molecule has 0 saturated heterocycles. The van der Waals surface area contributed by atoms with Gasteiger partial charge >= 0.3 is 0 Å². The van der Waals surface area contributed by atoms with Gasteiger partial charge in [-0.15, -0.1) is 0 Å². The fourth-order valence-corrected chi connectivity index (χ4v) is 18.2. The minimum absolute atomic E-state index is 0.438. The quantitative estimate of drug-likeness (QED) is 0.101. The Hall–Kier alpha value is -9.54. The Bertz CT molecular complexity index is 4360. The minimum Gasteiger partial charge on any atom is -0.309 e. The monoisotopic (exact) mass is 982 g/mol. The van der Waals surface area contributed by atoms with Gasteiger partial charge in [-0.1, -0.05) is 249 Å². The summed E-state index contributed by atoms with van der Waals surface area (Å²) in [6, 6.07) is 113. The van der Waals surface area contributed by atoms with Crippen molar-refractivity contribution in [3.05, 3.63) is 326 Å². The van der Waals surface area contributed by atoms with Crippen LogP contribution >= 0.6 is 0 Å². The van der Waals surface area contributed by atoms with Gasteiger partial charge in [0.2, 0.25) is 0 Å². The summed E-state index contributed by atoms with van der Waals surface area (Å²) in [5.41, 5.74) is 16.7. The molecule has 0 aliphatic heterocycles. The van der Waals surface area contributed by atoms with E-state index >= 15 is 0 Å². The van der Waals surface area contributed by atoms with Crippen molar-refractivity contribution in [1.29, 1.82) is 0 Å². The number of nitrogens with zero attached hydrogens (tertiary/aromatic N) is 2. The van der Waals surface area contributed by atoms with Crippen LogP contribution in [0.1, 0.15) is 22.3 Å². The molecule has 2 heterocycles. The largest absolute Gasteiger partial charge is 0.309 e. The second-order valence-corrected chi connectivity index (χ2v) is 24.1. The van der Waals surface area contributed by atoms with Crippen molar-refractivity contribution in [3.63, 3.8) is 0 Å². The second kappa shape index (κ2) is 17.6. The Labute approximate surface area is 443 Å². The summed E-state index contributed by atoms with van der Waals surface area (Å²) in [6.45, 7) is 0. The molecule has 0 amide bonds. The third kappa shape index (κ3) is 6.46. The number of fused-ring (bicyclic) bond motifs is 9. The van der Waals surface area contributed by atoms with E-state index in [4.69, 9.17) is 0 Å². The number of benzene rings is 12. The fourth-order valence-electron chi connectivity index (χ4n) is 13.4. The Balaban J connectivity index is 0.899. The maximum Gasteiger partial charge on any atom is 0.179 e. The molecule has 14 aromatic rings. The molecule has 0 N–H and O–H groups in total. The second-order valence-electron chi connectivity index (χ2n) is 20.3. The molecule has 0 spiro atoms. The molecule has 1 aliphatic rings. The first-order valence-corrected chi connectivity index (χ1v) is 28.4. The van der Waals surface area contributed by atoms with E-state index in [1.54, 1.807) is 0 Å². The third-order valence-electron chi connectivity index (χ3n) is 16.5. The lowest BCUT2D eigenvalue weighted by molar-refractivity contribution is 0.768. The highest BCUT2D eigenvalue weighted by Crippen LogP contribution is 2.56. The van der Waals surface area contributed by atoms with E-state index in [9.17, 15) is 0 Å². The minimum atomic E-state index is -2.78. The number of hydrogen-bond acceptors (Lipinski definition) is 0. The SMILES string of the molecule is c1ccc(C2(c3ccccc3)c3ccccc3-c3cc(-c4ccc5c6ccccc6n(-c6ccc7c(c6)c6ccccc6n7-c6cccc([Si](c7ccccc7)(c7ccccc7)c7ccccc7)c6)c5c4)ccc32)cc1. The van der Waals surface area contributed by atoms with Crippen LogP contribution in [0.3, 0.4) is 0 Å². The zero-order chi connectivity index (χ0) is 50.2.